The Kier molecular flexibility index (Phi) is 5.44. The maximum atomic E-state index is 5.90. The summed E-state index contributed by atoms with van der Waals surface area (Å²) in [7, 11) is 4.14. The molecule has 2 aromatic carbocycles. The fourth-order valence-electron chi connectivity index (χ4n) is 1.89. The average Bonchev–Trinajstić information content (AvgIpc) is 2.47. The molecule has 0 saturated heterocycles. The van der Waals surface area contributed by atoms with Crippen LogP contribution in [0, 0.1) is 0 Å². The van der Waals surface area contributed by atoms with Crippen molar-refractivity contribution in [2.24, 2.45) is 0 Å². The van der Waals surface area contributed by atoms with Crippen LogP contribution in [0.4, 0.5) is 5.69 Å². The highest BCUT2D eigenvalue weighted by Gasteiger charge is 2.02. The molecule has 0 atom stereocenters. The molecule has 0 radical (unpaired) electrons. The minimum Gasteiger partial charge on any atom is -0.487 e. The fourth-order valence-corrected chi connectivity index (χ4v) is 1.89. The third kappa shape index (κ3) is 4.59. The molecule has 3 heteroatoms. The van der Waals surface area contributed by atoms with E-state index in [1.807, 2.05) is 36.4 Å². The van der Waals surface area contributed by atoms with Gasteiger partial charge in [-0.3, -0.25) is 0 Å². The van der Waals surface area contributed by atoms with Gasteiger partial charge in [0, 0.05) is 13.1 Å². The first-order chi connectivity index (χ1) is 9.75. The van der Waals surface area contributed by atoms with Crippen molar-refractivity contribution in [1.82, 2.24) is 4.90 Å². The summed E-state index contributed by atoms with van der Waals surface area (Å²) in [6.45, 7) is 2.49. The zero-order chi connectivity index (χ0) is 14.2. The van der Waals surface area contributed by atoms with Crippen molar-refractivity contribution < 1.29 is 4.74 Å². The van der Waals surface area contributed by atoms with Crippen molar-refractivity contribution >= 4 is 5.69 Å². The highest BCUT2D eigenvalue weighted by Crippen LogP contribution is 2.24. The van der Waals surface area contributed by atoms with Crippen molar-refractivity contribution in [1.29, 1.82) is 0 Å². The van der Waals surface area contributed by atoms with Crippen LogP contribution in [0.3, 0.4) is 0 Å². The van der Waals surface area contributed by atoms with E-state index in [2.05, 4.69) is 42.5 Å². The molecule has 0 amide bonds. The quantitative estimate of drug-likeness (QED) is 0.836. The van der Waals surface area contributed by atoms with E-state index < -0.39 is 0 Å². The van der Waals surface area contributed by atoms with Crippen LogP contribution in [-0.4, -0.2) is 32.1 Å². The van der Waals surface area contributed by atoms with E-state index in [9.17, 15) is 0 Å². The first kappa shape index (κ1) is 14.4. The lowest BCUT2D eigenvalue weighted by atomic mass is 10.2. The van der Waals surface area contributed by atoms with Gasteiger partial charge < -0.3 is 15.0 Å². The molecule has 0 heterocycles. The average molecular weight is 270 g/mol. The van der Waals surface area contributed by atoms with E-state index in [0.29, 0.717) is 6.61 Å². The van der Waals surface area contributed by atoms with Crippen LogP contribution in [0.15, 0.2) is 54.6 Å². The van der Waals surface area contributed by atoms with Crippen molar-refractivity contribution in [3.8, 4) is 5.75 Å². The second-order valence-corrected chi connectivity index (χ2v) is 5.00. The van der Waals surface area contributed by atoms with Gasteiger partial charge >= 0.3 is 0 Å². The summed E-state index contributed by atoms with van der Waals surface area (Å²) in [5, 5.41) is 3.41. The Morgan fingerprint density at radius 2 is 1.65 bits per heavy atom. The Morgan fingerprint density at radius 1 is 0.950 bits per heavy atom. The molecule has 0 fully saturated rings. The largest absolute Gasteiger partial charge is 0.487 e. The summed E-state index contributed by atoms with van der Waals surface area (Å²) in [5.41, 5.74) is 2.22. The molecule has 3 nitrogen and oxygen atoms in total. The molecule has 0 aliphatic carbocycles. The molecule has 0 saturated carbocycles. The highest BCUT2D eigenvalue weighted by molar-refractivity contribution is 5.56. The first-order valence-corrected chi connectivity index (χ1v) is 6.90. The van der Waals surface area contributed by atoms with Crippen LogP contribution in [-0.2, 0) is 6.61 Å². The Bertz CT molecular complexity index is 511. The monoisotopic (exact) mass is 270 g/mol. The lowest BCUT2D eigenvalue weighted by Gasteiger charge is -2.15. The molecule has 0 aliphatic rings. The molecule has 0 aliphatic heterocycles. The van der Waals surface area contributed by atoms with Crippen molar-refractivity contribution in [2.45, 2.75) is 6.61 Å². The number of nitrogens with zero attached hydrogens (tertiary/aromatic N) is 1. The minimum atomic E-state index is 0.590. The normalized spacial score (nSPS) is 10.6. The predicted molar refractivity (Wildman–Crippen MR) is 84.3 cm³/mol. The van der Waals surface area contributed by atoms with Crippen LogP contribution in [0.5, 0.6) is 5.75 Å². The van der Waals surface area contributed by atoms with Gasteiger partial charge in [0.1, 0.15) is 12.4 Å². The lowest BCUT2D eigenvalue weighted by Crippen LogP contribution is -2.21. The molecule has 0 spiro atoms. The second-order valence-electron chi connectivity index (χ2n) is 5.00. The summed E-state index contributed by atoms with van der Waals surface area (Å²) in [4.78, 5) is 2.15. The van der Waals surface area contributed by atoms with Gasteiger partial charge in [0.15, 0.2) is 0 Å². The highest BCUT2D eigenvalue weighted by atomic mass is 16.5. The number of hydrogen-bond donors (Lipinski definition) is 1. The summed E-state index contributed by atoms with van der Waals surface area (Å²) in [6.07, 6.45) is 0. The number of anilines is 1. The van der Waals surface area contributed by atoms with Gasteiger partial charge in [-0.05, 0) is 31.8 Å². The van der Waals surface area contributed by atoms with E-state index >= 15 is 0 Å². The van der Waals surface area contributed by atoms with Crippen LogP contribution in [0.25, 0.3) is 0 Å². The van der Waals surface area contributed by atoms with Crippen molar-refractivity contribution in [2.75, 3.05) is 32.5 Å². The summed E-state index contributed by atoms with van der Waals surface area (Å²) < 4.78 is 5.90. The number of benzene rings is 2. The molecule has 0 unspecified atom stereocenters. The van der Waals surface area contributed by atoms with Crippen LogP contribution < -0.4 is 10.1 Å². The van der Waals surface area contributed by atoms with Gasteiger partial charge in [0.2, 0.25) is 0 Å². The minimum absolute atomic E-state index is 0.590. The molecular weight excluding hydrogens is 248 g/mol. The number of likely N-dealkylation sites (N-methyl/N-ethyl adjacent to an activating group) is 1. The van der Waals surface area contributed by atoms with E-state index in [1.54, 1.807) is 0 Å². The Balaban J connectivity index is 1.93. The van der Waals surface area contributed by atoms with Gasteiger partial charge in [-0.1, -0.05) is 42.5 Å². The smallest absolute Gasteiger partial charge is 0.142 e. The first-order valence-electron chi connectivity index (χ1n) is 6.90. The maximum Gasteiger partial charge on any atom is 0.142 e. The predicted octanol–water partition coefficient (Wildman–Crippen LogP) is 3.24. The topological polar surface area (TPSA) is 24.5 Å². The van der Waals surface area contributed by atoms with E-state index in [0.717, 1.165) is 24.5 Å². The molecule has 1 N–H and O–H groups in total. The van der Waals surface area contributed by atoms with Crippen molar-refractivity contribution in [3.63, 3.8) is 0 Å². The van der Waals surface area contributed by atoms with Gasteiger partial charge in [-0.25, -0.2) is 0 Å². The molecule has 2 rings (SSSR count). The zero-order valence-electron chi connectivity index (χ0n) is 12.2. The maximum absolute atomic E-state index is 5.90. The van der Waals surface area contributed by atoms with E-state index in [1.165, 1.54) is 5.56 Å². The summed E-state index contributed by atoms with van der Waals surface area (Å²) in [6, 6.07) is 18.3. The van der Waals surface area contributed by atoms with Crippen LogP contribution in [0.2, 0.25) is 0 Å². The number of rotatable bonds is 7. The fraction of sp³-hybridized carbons (Fsp3) is 0.294. The van der Waals surface area contributed by atoms with Crippen LogP contribution in [0.1, 0.15) is 5.56 Å². The van der Waals surface area contributed by atoms with Gasteiger partial charge in [0.25, 0.3) is 0 Å². The van der Waals surface area contributed by atoms with Crippen molar-refractivity contribution in [3.05, 3.63) is 60.2 Å². The second kappa shape index (κ2) is 7.56. The molecule has 2 aromatic rings. The molecule has 0 bridgehead atoms. The summed E-state index contributed by atoms with van der Waals surface area (Å²) in [5.74, 6) is 0.898. The molecular formula is C17H22N2O. The lowest BCUT2D eigenvalue weighted by molar-refractivity contribution is 0.307. The number of para-hydroxylation sites is 2. The van der Waals surface area contributed by atoms with Crippen LogP contribution >= 0.6 is 0 Å². The molecule has 0 aromatic heterocycles. The third-order valence-electron chi connectivity index (χ3n) is 3.00. The zero-order valence-corrected chi connectivity index (χ0v) is 12.2. The number of hydrogen-bond acceptors (Lipinski definition) is 3. The third-order valence-corrected chi connectivity index (χ3v) is 3.00. The Hall–Kier alpha value is -2.00. The van der Waals surface area contributed by atoms with Gasteiger partial charge in [-0.2, -0.15) is 0 Å². The standard InChI is InChI=1S/C17H22N2O/c1-19(2)13-12-18-16-10-6-7-11-17(16)20-14-15-8-4-3-5-9-15/h3-11,18H,12-14H2,1-2H3. The van der Waals surface area contributed by atoms with Gasteiger partial charge in [-0.15, -0.1) is 0 Å². The van der Waals surface area contributed by atoms with Gasteiger partial charge in [0.05, 0.1) is 5.69 Å². The number of ether oxygens (including phenoxy) is 1. The number of nitrogens with one attached hydrogen (secondary N) is 1. The van der Waals surface area contributed by atoms with E-state index in [4.69, 9.17) is 4.74 Å². The Morgan fingerprint density at radius 3 is 2.40 bits per heavy atom. The molecule has 20 heavy (non-hydrogen) atoms. The van der Waals surface area contributed by atoms with E-state index in [-0.39, 0.29) is 0 Å². The Labute approximate surface area is 121 Å². The SMILES string of the molecule is CN(C)CCNc1ccccc1OCc1ccccc1. The summed E-state index contributed by atoms with van der Waals surface area (Å²) >= 11 is 0. The molecule has 106 valence electrons.